The summed E-state index contributed by atoms with van der Waals surface area (Å²) in [5, 5.41) is 4.81. The number of benzene rings is 2. The molecule has 7 heteroatoms. The molecule has 1 aliphatic rings. The van der Waals surface area contributed by atoms with E-state index in [4.69, 9.17) is 11.6 Å². The molecule has 0 aliphatic carbocycles. The molecule has 0 atom stereocenters. The number of rotatable bonds is 3. The summed E-state index contributed by atoms with van der Waals surface area (Å²) >= 11 is 5.66. The lowest BCUT2D eigenvalue weighted by molar-refractivity contribution is -0.132. The molecule has 0 spiro atoms. The van der Waals surface area contributed by atoms with Gasteiger partial charge in [-0.25, -0.2) is 4.39 Å². The highest BCUT2D eigenvalue weighted by Crippen LogP contribution is 2.24. The Balaban J connectivity index is 1.56. The summed E-state index contributed by atoms with van der Waals surface area (Å²) in [5.74, 6) is -1.50. The van der Waals surface area contributed by atoms with Crippen LogP contribution in [0.4, 0.5) is 21.5 Å². The summed E-state index contributed by atoms with van der Waals surface area (Å²) in [6.07, 6.45) is 2.35. The Hall–Kier alpha value is -2.60. The third-order valence-corrected chi connectivity index (χ3v) is 4.95. The molecule has 2 amide bonds. The van der Waals surface area contributed by atoms with Gasteiger partial charge in [-0.3, -0.25) is 9.59 Å². The smallest absolute Gasteiger partial charge is 0.314 e. The molecule has 0 aromatic heterocycles. The van der Waals surface area contributed by atoms with Crippen molar-refractivity contribution in [3.63, 3.8) is 0 Å². The van der Waals surface area contributed by atoms with Crippen molar-refractivity contribution in [1.82, 2.24) is 0 Å². The maximum Gasteiger partial charge on any atom is 0.314 e. The van der Waals surface area contributed by atoms with E-state index in [0.29, 0.717) is 5.69 Å². The molecule has 1 fully saturated rings. The van der Waals surface area contributed by atoms with Crippen molar-refractivity contribution in [2.24, 2.45) is 5.92 Å². The molecule has 0 unspecified atom stereocenters. The molecule has 0 bridgehead atoms. The monoisotopic (exact) mass is 389 g/mol. The molecule has 142 valence electrons. The first-order chi connectivity index (χ1) is 12.9. The zero-order valence-corrected chi connectivity index (χ0v) is 15.7. The van der Waals surface area contributed by atoms with Gasteiger partial charge in [-0.15, -0.1) is 0 Å². The Morgan fingerprint density at radius 3 is 2.15 bits per heavy atom. The number of carbonyl (C=O) groups is 2. The molecule has 2 N–H and O–H groups in total. The topological polar surface area (TPSA) is 61.4 Å². The molecule has 27 heavy (non-hydrogen) atoms. The first kappa shape index (κ1) is 19.2. The average molecular weight is 390 g/mol. The van der Waals surface area contributed by atoms with Crippen molar-refractivity contribution >= 4 is 40.5 Å². The van der Waals surface area contributed by atoms with Gasteiger partial charge in [0.05, 0.1) is 5.02 Å². The predicted octanol–water partition coefficient (Wildman–Crippen LogP) is 4.29. The number of halogens is 2. The molecule has 5 nitrogen and oxygen atoms in total. The predicted molar refractivity (Wildman–Crippen MR) is 106 cm³/mol. The van der Waals surface area contributed by atoms with Gasteiger partial charge in [0.25, 0.3) is 0 Å². The summed E-state index contributed by atoms with van der Waals surface area (Å²) in [6, 6.07) is 11.1. The number of nitrogens with zero attached hydrogens (tertiary/aromatic N) is 1. The lowest BCUT2D eigenvalue weighted by Gasteiger charge is -2.32. The SMILES string of the molecule is CC1CCN(c2ccc(NC(=O)C(=O)Nc3ccc(F)c(Cl)c3)cc2)CC1. The van der Waals surface area contributed by atoms with Gasteiger partial charge < -0.3 is 15.5 Å². The maximum atomic E-state index is 13.1. The van der Waals surface area contributed by atoms with Crippen molar-refractivity contribution in [2.45, 2.75) is 19.8 Å². The minimum atomic E-state index is -0.855. The molecule has 1 saturated heterocycles. The van der Waals surface area contributed by atoms with E-state index in [2.05, 4.69) is 22.5 Å². The van der Waals surface area contributed by atoms with E-state index in [-0.39, 0.29) is 10.7 Å². The van der Waals surface area contributed by atoms with Crippen LogP contribution in [0.1, 0.15) is 19.8 Å². The van der Waals surface area contributed by atoms with Crippen LogP contribution in [-0.4, -0.2) is 24.9 Å². The zero-order chi connectivity index (χ0) is 19.4. The van der Waals surface area contributed by atoms with Crippen LogP contribution in [-0.2, 0) is 9.59 Å². The molecule has 0 radical (unpaired) electrons. The van der Waals surface area contributed by atoms with Crippen LogP contribution in [0.15, 0.2) is 42.5 Å². The second kappa shape index (κ2) is 8.39. The second-order valence-corrected chi connectivity index (χ2v) is 7.16. The number of amides is 2. The molecule has 1 heterocycles. The summed E-state index contributed by atoms with van der Waals surface area (Å²) in [5.41, 5.74) is 1.88. The Labute approximate surface area is 162 Å². The quantitative estimate of drug-likeness (QED) is 0.770. The van der Waals surface area contributed by atoms with Gasteiger partial charge in [0.15, 0.2) is 0 Å². The van der Waals surface area contributed by atoms with E-state index in [1.807, 2.05) is 12.1 Å². The Bertz CT molecular complexity index is 834. The minimum Gasteiger partial charge on any atom is -0.372 e. The van der Waals surface area contributed by atoms with Crippen LogP contribution in [0.5, 0.6) is 0 Å². The number of carbonyl (C=O) groups excluding carboxylic acids is 2. The largest absolute Gasteiger partial charge is 0.372 e. The van der Waals surface area contributed by atoms with Crippen LogP contribution in [0.2, 0.25) is 5.02 Å². The van der Waals surface area contributed by atoms with Gasteiger partial charge >= 0.3 is 11.8 Å². The number of piperidine rings is 1. The standard InChI is InChI=1S/C20H21ClFN3O2/c1-13-8-10-25(11-9-13)16-5-2-14(3-6-16)23-19(26)20(27)24-15-4-7-18(22)17(21)12-15/h2-7,12-13H,8-11H2,1H3,(H,23,26)(H,24,27). The molecule has 2 aromatic carbocycles. The molecule has 3 rings (SSSR count). The van der Waals surface area contributed by atoms with Gasteiger partial charge in [-0.05, 0) is 61.2 Å². The van der Waals surface area contributed by atoms with E-state index in [0.717, 1.165) is 30.8 Å². The Morgan fingerprint density at radius 1 is 1.00 bits per heavy atom. The number of hydrogen-bond acceptors (Lipinski definition) is 3. The van der Waals surface area contributed by atoms with E-state index < -0.39 is 17.6 Å². The number of nitrogens with one attached hydrogen (secondary N) is 2. The lowest BCUT2D eigenvalue weighted by atomic mass is 9.99. The molecule has 0 saturated carbocycles. The fraction of sp³-hybridized carbons (Fsp3) is 0.300. The zero-order valence-electron chi connectivity index (χ0n) is 15.0. The number of hydrogen-bond donors (Lipinski definition) is 2. The van der Waals surface area contributed by atoms with Gasteiger partial charge in [0, 0.05) is 30.2 Å². The van der Waals surface area contributed by atoms with Crippen molar-refractivity contribution in [3.8, 4) is 0 Å². The highest BCUT2D eigenvalue weighted by molar-refractivity contribution is 6.43. The van der Waals surface area contributed by atoms with E-state index in [1.165, 1.54) is 25.0 Å². The first-order valence-corrected chi connectivity index (χ1v) is 9.22. The van der Waals surface area contributed by atoms with Crippen molar-refractivity contribution in [2.75, 3.05) is 28.6 Å². The van der Waals surface area contributed by atoms with Crippen LogP contribution in [0, 0.1) is 11.7 Å². The first-order valence-electron chi connectivity index (χ1n) is 8.85. The average Bonchev–Trinajstić information content (AvgIpc) is 2.66. The molecular weight excluding hydrogens is 369 g/mol. The van der Waals surface area contributed by atoms with Crippen molar-refractivity contribution in [3.05, 3.63) is 53.3 Å². The summed E-state index contributed by atoms with van der Waals surface area (Å²) < 4.78 is 13.1. The van der Waals surface area contributed by atoms with Crippen LogP contribution in [0.25, 0.3) is 0 Å². The van der Waals surface area contributed by atoms with Crippen molar-refractivity contribution in [1.29, 1.82) is 0 Å². The van der Waals surface area contributed by atoms with Crippen LogP contribution in [0.3, 0.4) is 0 Å². The van der Waals surface area contributed by atoms with Crippen LogP contribution < -0.4 is 15.5 Å². The summed E-state index contributed by atoms with van der Waals surface area (Å²) in [4.78, 5) is 26.4. The third kappa shape index (κ3) is 4.98. The molecule has 2 aromatic rings. The highest BCUT2D eigenvalue weighted by atomic mass is 35.5. The maximum absolute atomic E-state index is 13.1. The molecule has 1 aliphatic heterocycles. The van der Waals surface area contributed by atoms with E-state index in [9.17, 15) is 14.0 Å². The minimum absolute atomic E-state index is 0.129. The fourth-order valence-electron chi connectivity index (χ4n) is 2.97. The van der Waals surface area contributed by atoms with E-state index in [1.54, 1.807) is 12.1 Å². The van der Waals surface area contributed by atoms with Crippen molar-refractivity contribution < 1.29 is 14.0 Å². The lowest BCUT2D eigenvalue weighted by Crippen LogP contribution is -2.32. The van der Waals surface area contributed by atoms with Crippen LogP contribution >= 0.6 is 11.6 Å². The Morgan fingerprint density at radius 2 is 1.56 bits per heavy atom. The number of anilines is 3. The van der Waals surface area contributed by atoms with Gasteiger partial charge in [0.1, 0.15) is 5.82 Å². The second-order valence-electron chi connectivity index (χ2n) is 6.75. The third-order valence-electron chi connectivity index (χ3n) is 4.66. The van der Waals surface area contributed by atoms with Gasteiger partial charge in [-0.1, -0.05) is 18.5 Å². The normalized spacial score (nSPS) is 14.7. The summed E-state index contributed by atoms with van der Waals surface area (Å²) in [6.45, 7) is 4.31. The highest BCUT2D eigenvalue weighted by Gasteiger charge is 2.17. The van der Waals surface area contributed by atoms with Gasteiger partial charge in [-0.2, -0.15) is 0 Å². The van der Waals surface area contributed by atoms with E-state index >= 15 is 0 Å². The Kier molecular flexibility index (Phi) is 5.96. The fourth-order valence-corrected chi connectivity index (χ4v) is 3.15. The molecular formula is C20H21ClFN3O2. The summed E-state index contributed by atoms with van der Waals surface area (Å²) in [7, 11) is 0. The van der Waals surface area contributed by atoms with Gasteiger partial charge in [0.2, 0.25) is 0 Å².